The first-order valence-electron chi connectivity index (χ1n) is 19.3. The van der Waals surface area contributed by atoms with Crippen LogP contribution in [0.5, 0.6) is 23.0 Å². The molecule has 57 heavy (non-hydrogen) atoms. The molecule has 3 heterocycles. The highest BCUT2D eigenvalue weighted by Crippen LogP contribution is 2.62. The maximum atomic E-state index is 6.78. The van der Waals surface area contributed by atoms with Gasteiger partial charge in [0.15, 0.2) is 23.0 Å². The van der Waals surface area contributed by atoms with Gasteiger partial charge in [-0.2, -0.15) is 0 Å². The number of rotatable bonds is 5. The van der Waals surface area contributed by atoms with Gasteiger partial charge in [0.05, 0.1) is 10.4 Å². The second kappa shape index (κ2) is 12.6. The molecule has 2 aliphatic rings. The van der Waals surface area contributed by atoms with Crippen molar-refractivity contribution in [3.63, 3.8) is 0 Å². The minimum absolute atomic E-state index is 0.113. The van der Waals surface area contributed by atoms with Gasteiger partial charge in [-0.15, -0.1) is 11.3 Å². The van der Waals surface area contributed by atoms with E-state index in [1.54, 1.807) is 0 Å². The van der Waals surface area contributed by atoms with E-state index in [4.69, 9.17) is 19.4 Å². The molecular formula is C51H37N3O2S. The average molecular weight is 756 g/mol. The van der Waals surface area contributed by atoms with E-state index in [1.807, 2.05) is 54.1 Å². The van der Waals surface area contributed by atoms with Crippen LogP contribution in [0.2, 0.25) is 0 Å². The molecule has 11 rings (SSSR count). The Morgan fingerprint density at radius 3 is 2.09 bits per heavy atom. The number of anilines is 3. The second-order valence-corrected chi connectivity index (χ2v) is 16.8. The molecule has 0 saturated heterocycles. The minimum atomic E-state index is -0.889. The Morgan fingerprint density at radius 1 is 0.579 bits per heavy atom. The van der Waals surface area contributed by atoms with Gasteiger partial charge < -0.3 is 14.4 Å². The highest BCUT2D eigenvalue weighted by Gasteiger charge is 2.51. The van der Waals surface area contributed by atoms with Crippen molar-refractivity contribution in [2.45, 2.75) is 31.6 Å². The smallest absolute Gasteiger partial charge is 0.178 e. The molecule has 0 N–H and O–H groups in total. The molecule has 7 aromatic carbocycles. The molecule has 0 fully saturated rings. The van der Waals surface area contributed by atoms with Crippen molar-refractivity contribution in [2.24, 2.45) is 0 Å². The summed E-state index contributed by atoms with van der Waals surface area (Å²) in [6.45, 7) is 6.59. The van der Waals surface area contributed by atoms with Gasteiger partial charge in [0.2, 0.25) is 0 Å². The van der Waals surface area contributed by atoms with Crippen LogP contribution >= 0.6 is 11.3 Å². The lowest BCUT2D eigenvalue weighted by Gasteiger charge is -2.34. The molecule has 6 heteroatoms. The fourth-order valence-electron chi connectivity index (χ4n) is 8.73. The summed E-state index contributed by atoms with van der Waals surface area (Å²) in [5.74, 6) is 3.47. The Kier molecular flexibility index (Phi) is 7.44. The summed E-state index contributed by atoms with van der Waals surface area (Å²) in [6.07, 6.45) is 4.00. The molecule has 0 saturated carbocycles. The Labute approximate surface area is 335 Å². The average Bonchev–Trinajstić information content (AvgIpc) is 3.78. The second-order valence-electron chi connectivity index (χ2n) is 15.8. The number of aromatic nitrogens is 2. The van der Waals surface area contributed by atoms with Crippen LogP contribution in [0.25, 0.3) is 31.3 Å². The Morgan fingerprint density at radius 2 is 1.26 bits per heavy atom. The van der Waals surface area contributed by atoms with E-state index in [9.17, 15) is 0 Å². The molecule has 0 bridgehead atoms. The first-order valence-corrected chi connectivity index (χ1v) is 20.1. The third kappa shape index (κ3) is 5.07. The van der Waals surface area contributed by atoms with Crippen molar-refractivity contribution in [2.75, 3.05) is 4.90 Å². The van der Waals surface area contributed by atoms with Crippen molar-refractivity contribution in [1.82, 2.24) is 9.97 Å². The van der Waals surface area contributed by atoms with Gasteiger partial charge in [0.1, 0.15) is 11.2 Å². The van der Waals surface area contributed by atoms with Gasteiger partial charge in [-0.3, -0.25) is 0 Å². The highest BCUT2D eigenvalue weighted by atomic mass is 32.1. The van der Waals surface area contributed by atoms with Crippen LogP contribution in [0, 0.1) is 0 Å². The largest absolute Gasteiger partial charge is 0.449 e. The maximum absolute atomic E-state index is 6.78. The van der Waals surface area contributed by atoms with E-state index in [2.05, 4.69) is 153 Å². The predicted molar refractivity (Wildman–Crippen MR) is 232 cm³/mol. The summed E-state index contributed by atoms with van der Waals surface area (Å²) >= 11 is 1.84. The van der Waals surface area contributed by atoms with E-state index in [1.165, 1.54) is 20.2 Å². The van der Waals surface area contributed by atoms with Gasteiger partial charge in [-0.1, -0.05) is 124 Å². The van der Waals surface area contributed by atoms with Gasteiger partial charge in [0, 0.05) is 44.8 Å². The van der Waals surface area contributed by atoms with Crippen LogP contribution in [0.4, 0.5) is 17.1 Å². The van der Waals surface area contributed by atoms with Crippen LogP contribution in [-0.4, -0.2) is 9.97 Å². The lowest BCUT2D eigenvalue weighted by molar-refractivity contribution is 0.360. The van der Waals surface area contributed by atoms with E-state index in [0.717, 1.165) is 50.4 Å². The Hall–Kier alpha value is -6.76. The number of ether oxygens (including phenoxy) is 2. The van der Waals surface area contributed by atoms with E-state index in [0.29, 0.717) is 28.8 Å². The molecule has 1 unspecified atom stereocenters. The number of benzene rings is 7. The quantitative estimate of drug-likeness (QED) is 0.175. The van der Waals surface area contributed by atoms with Crippen molar-refractivity contribution in [3.8, 4) is 34.1 Å². The highest BCUT2D eigenvalue weighted by molar-refractivity contribution is 7.26. The fourth-order valence-corrected chi connectivity index (χ4v) is 9.93. The van der Waals surface area contributed by atoms with Gasteiger partial charge in [-0.25, -0.2) is 9.97 Å². The monoisotopic (exact) mass is 755 g/mol. The van der Waals surface area contributed by atoms with Crippen LogP contribution in [0.1, 0.15) is 48.8 Å². The summed E-state index contributed by atoms with van der Waals surface area (Å²) in [6, 6.07) is 55.6. The van der Waals surface area contributed by atoms with E-state index >= 15 is 0 Å². The van der Waals surface area contributed by atoms with Gasteiger partial charge in [-0.05, 0) is 87.8 Å². The van der Waals surface area contributed by atoms with E-state index < -0.39 is 5.41 Å². The summed E-state index contributed by atoms with van der Waals surface area (Å²) in [5.41, 5.74) is 8.55. The van der Waals surface area contributed by atoms with Crippen LogP contribution < -0.4 is 14.4 Å². The van der Waals surface area contributed by atoms with Crippen molar-refractivity contribution in [3.05, 3.63) is 198 Å². The lowest BCUT2D eigenvalue weighted by atomic mass is 9.71. The number of hydrogen-bond acceptors (Lipinski definition) is 6. The normalized spacial score (nSPS) is 15.3. The van der Waals surface area contributed by atoms with E-state index in [-0.39, 0.29) is 5.41 Å². The zero-order valence-corrected chi connectivity index (χ0v) is 32.5. The third-order valence-corrected chi connectivity index (χ3v) is 12.6. The molecule has 9 aromatic rings. The summed E-state index contributed by atoms with van der Waals surface area (Å²) in [5, 5.41) is 2.52. The zero-order valence-electron chi connectivity index (χ0n) is 31.7. The molecule has 0 spiro atoms. The van der Waals surface area contributed by atoms with Crippen molar-refractivity contribution < 1.29 is 9.47 Å². The molecule has 0 amide bonds. The van der Waals surface area contributed by atoms with Crippen molar-refractivity contribution in [1.29, 1.82) is 0 Å². The maximum Gasteiger partial charge on any atom is 0.178 e. The summed E-state index contributed by atoms with van der Waals surface area (Å²) in [7, 11) is 0. The molecule has 0 radical (unpaired) electrons. The molecule has 2 aromatic heterocycles. The standard InChI is InChI=1S/C51H37N3O2S/c1-50(2,3)33-30-52-49(53-31-33)51(39-22-9-7-20-38(39)46-40(51)27-28-44-47(46)56-43-25-11-10-24-42(43)55-44)32-15-13-18-35(29-32)54(34-16-5-4-6-17-34)41-23-14-21-37-36-19-8-12-26-45(36)57-48(37)41/h4-31H,1-3H3. The third-order valence-electron chi connectivity index (χ3n) is 11.4. The first kappa shape index (κ1) is 33.6. The summed E-state index contributed by atoms with van der Waals surface area (Å²) in [4.78, 5) is 13.0. The Balaban J connectivity index is 1.19. The van der Waals surface area contributed by atoms with Crippen LogP contribution in [-0.2, 0) is 10.8 Å². The number of thiophene rings is 1. The molecule has 1 aliphatic heterocycles. The molecule has 274 valence electrons. The minimum Gasteiger partial charge on any atom is -0.449 e. The van der Waals surface area contributed by atoms with Gasteiger partial charge in [0.25, 0.3) is 0 Å². The van der Waals surface area contributed by atoms with Gasteiger partial charge >= 0.3 is 0 Å². The van der Waals surface area contributed by atoms with Crippen LogP contribution in [0.3, 0.4) is 0 Å². The molecular weight excluding hydrogens is 719 g/mol. The number of fused-ring (bicyclic) bond motifs is 9. The molecule has 1 aliphatic carbocycles. The number of nitrogens with zero attached hydrogens (tertiary/aromatic N) is 3. The van der Waals surface area contributed by atoms with Crippen molar-refractivity contribution >= 4 is 48.6 Å². The lowest BCUT2D eigenvalue weighted by Crippen LogP contribution is -2.31. The summed E-state index contributed by atoms with van der Waals surface area (Å²) < 4.78 is 15.8. The van der Waals surface area contributed by atoms with Crippen LogP contribution in [0.15, 0.2) is 170 Å². The zero-order chi connectivity index (χ0) is 38.3. The fraction of sp³-hybridized carbons (Fsp3) is 0.0980. The molecule has 1 atom stereocenters. The SMILES string of the molecule is CC(C)(C)c1cnc(C2(c3cccc(N(c4ccccc4)c4cccc5c4sc4ccccc45)c3)c3ccccc3-c3c2ccc2c3Oc3ccccc3O2)nc1. The predicted octanol–water partition coefficient (Wildman–Crippen LogP) is 13.9. The number of para-hydroxylation sites is 3. The molecule has 5 nitrogen and oxygen atoms in total. The first-order chi connectivity index (χ1) is 27.9. The Bertz CT molecular complexity index is 3020. The topological polar surface area (TPSA) is 47.5 Å². The number of hydrogen-bond donors (Lipinski definition) is 0.